The zero-order valence-electron chi connectivity index (χ0n) is 7.04. The maximum absolute atomic E-state index is 11.0. The third kappa shape index (κ3) is 1.36. The van der Waals surface area contributed by atoms with Gasteiger partial charge in [0.2, 0.25) is 0 Å². The van der Waals surface area contributed by atoms with Crippen molar-refractivity contribution < 1.29 is 9.53 Å². The highest BCUT2D eigenvalue weighted by molar-refractivity contribution is 5.96. The SMILES string of the molecule is NCc1cccc2c1NC(=O)CO2. The van der Waals surface area contributed by atoms with E-state index in [1.54, 1.807) is 0 Å². The smallest absolute Gasteiger partial charge is 0.262 e. The van der Waals surface area contributed by atoms with Crippen molar-refractivity contribution >= 4 is 11.6 Å². The number of nitrogens with one attached hydrogen (secondary N) is 1. The van der Waals surface area contributed by atoms with Crippen molar-refractivity contribution in [1.82, 2.24) is 0 Å². The molecule has 1 aliphatic heterocycles. The molecule has 0 unspecified atom stereocenters. The molecule has 4 nitrogen and oxygen atoms in total. The maximum atomic E-state index is 11.0. The Morgan fingerprint density at radius 2 is 2.38 bits per heavy atom. The zero-order chi connectivity index (χ0) is 9.26. The van der Waals surface area contributed by atoms with Gasteiger partial charge in [-0.25, -0.2) is 0 Å². The van der Waals surface area contributed by atoms with Crippen LogP contribution < -0.4 is 15.8 Å². The molecule has 0 atom stereocenters. The van der Waals surface area contributed by atoms with Crippen molar-refractivity contribution in [1.29, 1.82) is 0 Å². The van der Waals surface area contributed by atoms with Crippen molar-refractivity contribution in [3.63, 3.8) is 0 Å². The summed E-state index contributed by atoms with van der Waals surface area (Å²) in [7, 11) is 0. The number of rotatable bonds is 1. The second-order valence-corrected chi connectivity index (χ2v) is 2.83. The lowest BCUT2D eigenvalue weighted by Gasteiger charge is -2.19. The lowest BCUT2D eigenvalue weighted by molar-refractivity contribution is -0.118. The molecule has 1 heterocycles. The number of benzene rings is 1. The molecule has 1 aliphatic rings. The van der Waals surface area contributed by atoms with E-state index in [0.29, 0.717) is 18.0 Å². The predicted octanol–water partition coefficient (Wildman–Crippen LogP) is 0.476. The van der Waals surface area contributed by atoms with E-state index < -0.39 is 0 Å². The summed E-state index contributed by atoms with van der Waals surface area (Å²) in [5.74, 6) is 0.566. The Labute approximate surface area is 75.7 Å². The molecule has 2 rings (SSSR count). The number of fused-ring (bicyclic) bond motifs is 1. The summed E-state index contributed by atoms with van der Waals surface area (Å²) in [5.41, 5.74) is 7.12. The quantitative estimate of drug-likeness (QED) is 0.657. The molecule has 0 aliphatic carbocycles. The van der Waals surface area contributed by atoms with Gasteiger partial charge in [-0.05, 0) is 11.6 Å². The summed E-state index contributed by atoms with van der Waals surface area (Å²) in [6.45, 7) is 0.480. The Morgan fingerprint density at radius 3 is 3.15 bits per heavy atom. The summed E-state index contributed by atoms with van der Waals surface area (Å²) >= 11 is 0. The van der Waals surface area contributed by atoms with E-state index in [1.807, 2.05) is 18.2 Å². The van der Waals surface area contributed by atoms with E-state index in [1.165, 1.54) is 0 Å². The Balaban J connectivity index is 2.46. The van der Waals surface area contributed by atoms with E-state index >= 15 is 0 Å². The first-order valence-corrected chi connectivity index (χ1v) is 4.06. The fourth-order valence-corrected chi connectivity index (χ4v) is 1.33. The monoisotopic (exact) mass is 178 g/mol. The van der Waals surface area contributed by atoms with Gasteiger partial charge in [-0.2, -0.15) is 0 Å². The molecule has 0 saturated carbocycles. The second kappa shape index (κ2) is 3.06. The van der Waals surface area contributed by atoms with E-state index in [2.05, 4.69) is 5.32 Å². The standard InChI is InChI=1S/C9H10N2O2/c10-4-6-2-1-3-7-9(6)11-8(12)5-13-7/h1-3H,4-5,10H2,(H,11,12). The Hall–Kier alpha value is -1.55. The highest BCUT2D eigenvalue weighted by atomic mass is 16.5. The minimum absolute atomic E-state index is 0.0843. The number of nitrogens with two attached hydrogens (primary N) is 1. The molecule has 3 N–H and O–H groups in total. The lowest BCUT2D eigenvalue weighted by Crippen LogP contribution is -2.26. The molecule has 1 amide bonds. The molecule has 0 aromatic heterocycles. The minimum Gasteiger partial charge on any atom is -0.482 e. The Kier molecular flexibility index (Phi) is 1.90. The second-order valence-electron chi connectivity index (χ2n) is 2.83. The van der Waals surface area contributed by atoms with Crippen molar-refractivity contribution in [3.8, 4) is 5.75 Å². The van der Waals surface area contributed by atoms with Crippen LogP contribution in [0.1, 0.15) is 5.56 Å². The maximum Gasteiger partial charge on any atom is 0.262 e. The third-order valence-electron chi connectivity index (χ3n) is 1.96. The predicted molar refractivity (Wildman–Crippen MR) is 48.5 cm³/mol. The van der Waals surface area contributed by atoms with Gasteiger partial charge in [0, 0.05) is 6.54 Å². The number of para-hydroxylation sites is 1. The topological polar surface area (TPSA) is 64.3 Å². The molecular weight excluding hydrogens is 168 g/mol. The molecule has 0 spiro atoms. The highest BCUT2D eigenvalue weighted by Crippen LogP contribution is 2.30. The van der Waals surface area contributed by atoms with Crippen molar-refractivity contribution in [2.24, 2.45) is 5.73 Å². The molecule has 0 radical (unpaired) electrons. The molecule has 13 heavy (non-hydrogen) atoms. The van der Waals surface area contributed by atoms with Crippen LogP contribution in [-0.2, 0) is 11.3 Å². The normalized spacial score (nSPS) is 14.4. The minimum atomic E-state index is -0.131. The van der Waals surface area contributed by atoms with Crippen molar-refractivity contribution in [3.05, 3.63) is 23.8 Å². The fourth-order valence-electron chi connectivity index (χ4n) is 1.33. The number of ether oxygens (including phenoxy) is 1. The van der Waals surface area contributed by atoms with Crippen LogP contribution in [0, 0.1) is 0 Å². The van der Waals surface area contributed by atoms with Crippen LogP contribution in [0.2, 0.25) is 0 Å². The average molecular weight is 178 g/mol. The van der Waals surface area contributed by atoms with E-state index in [0.717, 1.165) is 5.56 Å². The van der Waals surface area contributed by atoms with Crippen LogP contribution in [0.4, 0.5) is 5.69 Å². The van der Waals surface area contributed by atoms with Crippen LogP contribution in [-0.4, -0.2) is 12.5 Å². The molecule has 1 aromatic carbocycles. The van der Waals surface area contributed by atoms with E-state index in [9.17, 15) is 4.79 Å². The Bertz CT molecular complexity index is 335. The number of hydrogen-bond donors (Lipinski definition) is 2. The molecule has 1 aromatic rings. The number of anilines is 1. The van der Waals surface area contributed by atoms with Crippen LogP contribution in [0.25, 0.3) is 0 Å². The fraction of sp³-hybridized carbons (Fsp3) is 0.222. The number of amides is 1. The summed E-state index contributed by atoms with van der Waals surface area (Å²) in [6.07, 6.45) is 0. The van der Waals surface area contributed by atoms with Crippen LogP contribution >= 0.6 is 0 Å². The molecule has 68 valence electrons. The van der Waals surface area contributed by atoms with Crippen molar-refractivity contribution in [2.75, 3.05) is 11.9 Å². The average Bonchev–Trinajstić information content (AvgIpc) is 2.17. The third-order valence-corrected chi connectivity index (χ3v) is 1.96. The van der Waals surface area contributed by atoms with Crippen LogP contribution in [0.15, 0.2) is 18.2 Å². The van der Waals surface area contributed by atoms with Gasteiger partial charge in [-0.15, -0.1) is 0 Å². The van der Waals surface area contributed by atoms with Crippen LogP contribution in [0.3, 0.4) is 0 Å². The Morgan fingerprint density at radius 1 is 1.54 bits per heavy atom. The number of carbonyl (C=O) groups is 1. The largest absolute Gasteiger partial charge is 0.482 e. The van der Waals surface area contributed by atoms with Gasteiger partial charge in [0.1, 0.15) is 5.75 Å². The number of carbonyl (C=O) groups excluding carboxylic acids is 1. The van der Waals surface area contributed by atoms with Gasteiger partial charge < -0.3 is 15.8 Å². The lowest BCUT2D eigenvalue weighted by atomic mass is 10.1. The molecule has 0 saturated heterocycles. The van der Waals surface area contributed by atoms with Gasteiger partial charge in [0.15, 0.2) is 6.61 Å². The molecule has 4 heteroatoms. The first kappa shape index (κ1) is 8.07. The van der Waals surface area contributed by atoms with Crippen molar-refractivity contribution in [2.45, 2.75) is 6.54 Å². The molecule has 0 fully saturated rings. The van der Waals surface area contributed by atoms with Gasteiger partial charge in [-0.1, -0.05) is 12.1 Å². The summed E-state index contributed by atoms with van der Waals surface area (Å²) in [5, 5.41) is 2.74. The molecule has 0 bridgehead atoms. The first-order chi connectivity index (χ1) is 6.31. The van der Waals surface area contributed by atoms with Gasteiger partial charge >= 0.3 is 0 Å². The highest BCUT2D eigenvalue weighted by Gasteiger charge is 2.17. The first-order valence-electron chi connectivity index (χ1n) is 4.06. The summed E-state index contributed by atoms with van der Waals surface area (Å²) in [4.78, 5) is 11.0. The van der Waals surface area contributed by atoms with Gasteiger partial charge in [0.05, 0.1) is 5.69 Å². The number of hydrogen-bond acceptors (Lipinski definition) is 3. The van der Waals surface area contributed by atoms with Gasteiger partial charge in [-0.3, -0.25) is 4.79 Å². The summed E-state index contributed by atoms with van der Waals surface area (Å²) < 4.78 is 5.21. The summed E-state index contributed by atoms with van der Waals surface area (Å²) in [6, 6.07) is 5.54. The van der Waals surface area contributed by atoms with Crippen LogP contribution in [0.5, 0.6) is 5.75 Å². The van der Waals surface area contributed by atoms with E-state index in [4.69, 9.17) is 10.5 Å². The van der Waals surface area contributed by atoms with E-state index in [-0.39, 0.29) is 12.5 Å². The zero-order valence-corrected chi connectivity index (χ0v) is 7.04. The van der Waals surface area contributed by atoms with Gasteiger partial charge in [0.25, 0.3) is 5.91 Å². The molecular formula is C9H10N2O2.